The van der Waals surface area contributed by atoms with Crippen LogP contribution in [0, 0.1) is 29.6 Å². The lowest BCUT2D eigenvalue weighted by Gasteiger charge is -2.13. The van der Waals surface area contributed by atoms with Crippen LogP contribution in [0.25, 0.3) is 5.69 Å². The molecule has 0 atom stereocenters. The van der Waals surface area contributed by atoms with Crippen LogP contribution in [0.3, 0.4) is 0 Å². The van der Waals surface area contributed by atoms with Crippen molar-refractivity contribution in [1.82, 2.24) is 4.57 Å². The smallest absolute Gasteiger partial charge is 0.388 e. The summed E-state index contributed by atoms with van der Waals surface area (Å²) in [7, 11) is 0. The number of allylic oxidation sites excluding steroid dienone is 2. The van der Waals surface area contributed by atoms with Crippen LogP contribution in [0.5, 0.6) is 0 Å². The zero-order valence-corrected chi connectivity index (χ0v) is 15.2. The maximum Gasteiger partial charge on any atom is 0.416 e. The molecule has 0 spiro atoms. The number of aromatic nitrogens is 1. The van der Waals surface area contributed by atoms with Gasteiger partial charge in [0.05, 0.1) is 21.3 Å². The highest BCUT2D eigenvalue weighted by atomic mass is 35.5. The summed E-state index contributed by atoms with van der Waals surface area (Å²) in [5.74, 6) is 0. The number of alkyl halides is 3. The summed E-state index contributed by atoms with van der Waals surface area (Å²) >= 11 is 12.0. The normalized spacial score (nSPS) is 12.6. The molecular weight excluding hydrogens is 402 g/mol. The van der Waals surface area contributed by atoms with E-state index in [4.69, 9.17) is 39.5 Å². The van der Waals surface area contributed by atoms with E-state index >= 15 is 0 Å². The Hall–Kier alpha value is -2.94. The molecule has 2 rings (SSSR count). The first-order chi connectivity index (χ1) is 12.6. The third-order valence-electron chi connectivity index (χ3n) is 3.48. The van der Waals surface area contributed by atoms with Crippen molar-refractivity contribution in [2.75, 3.05) is 0 Å². The van der Waals surface area contributed by atoms with Gasteiger partial charge in [-0.05, 0) is 24.6 Å². The van der Waals surface area contributed by atoms with Crippen molar-refractivity contribution in [3.05, 3.63) is 62.7 Å². The van der Waals surface area contributed by atoms with Crippen molar-refractivity contribution in [2.45, 2.75) is 13.1 Å². The van der Waals surface area contributed by atoms with Crippen molar-refractivity contribution in [1.29, 1.82) is 10.5 Å². The van der Waals surface area contributed by atoms with E-state index in [-0.39, 0.29) is 27.1 Å². The molecule has 27 heavy (non-hydrogen) atoms. The number of hydrogen-bond acceptors (Lipinski definition) is 4. The fraction of sp³-hybridized carbons (Fsp3) is 0.118. The van der Waals surface area contributed by atoms with Crippen LogP contribution >= 0.6 is 23.2 Å². The first-order valence-electron chi connectivity index (χ1n) is 7.17. The molecule has 1 aromatic heterocycles. The Morgan fingerprint density at radius 1 is 1.19 bits per heavy atom. The van der Waals surface area contributed by atoms with Gasteiger partial charge in [0.2, 0.25) is 0 Å². The zero-order valence-electron chi connectivity index (χ0n) is 13.6. The van der Waals surface area contributed by atoms with Crippen molar-refractivity contribution >= 4 is 29.4 Å². The van der Waals surface area contributed by atoms with Gasteiger partial charge in [0.25, 0.3) is 0 Å². The number of aryl methyl sites for hydroxylation is 1. The lowest BCUT2D eigenvalue weighted by atomic mass is 10.2. The second-order valence-corrected chi connectivity index (χ2v) is 6.15. The Morgan fingerprint density at radius 3 is 2.26 bits per heavy atom. The van der Waals surface area contributed by atoms with Gasteiger partial charge in [0, 0.05) is 24.2 Å². The molecule has 0 amide bonds. The standard InChI is InChI=1S/C17H10Cl2F3N5/c1-9-7-27(8-10(9)6-26-15(5-24)14(25)4-23)16-12(18)2-11(3-13(16)19)17(20,21)22/h2-3,6-8H,25H2,1H3/b15-14-,26-6+. The summed E-state index contributed by atoms with van der Waals surface area (Å²) in [6, 6.07) is 4.89. The number of nitriles is 2. The predicted octanol–water partition coefficient (Wildman–Crippen LogP) is 4.75. The van der Waals surface area contributed by atoms with Gasteiger partial charge < -0.3 is 10.3 Å². The lowest BCUT2D eigenvalue weighted by Crippen LogP contribution is -2.06. The van der Waals surface area contributed by atoms with Crippen LogP contribution in [0.2, 0.25) is 10.0 Å². The maximum absolute atomic E-state index is 12.8. The molecule has 2 aromatic rings. The Morgan fingerprint density at radius 2 is 1.78 bits per heavy atom. The second-order valence-electron chi connectivity index (χ2n) is 5.33. The quantitative estimate of drug-likeness (QED) is 0.583. The molecule has 138 valence electrons. The van der Waals surface area contributed by atoms with Crippen LogP contribution in [0.4, 0.5) is 13.2 Å². The molecule has 10 heteroatoms. The Balaban J connectivity index is 2.49. The molecule has 0 fully saturated rings. The Labute approximate surface area is 162 Å². The molecule has 2 N–H and O–H groups in total. The van der Waals surface area contributed by atoms with Crippen molar-refractivity contribution in [2.24, 2.45) is 10.7 Å². The first kappa shape index (κ1) is 20.4. The minimum atomic E-state index is -4.57. The third-order valence-corrected chi connectivity index (χ3v) is 4.06. The number of rotatable bonds is 3. The summed E-state index contributed by atoms with van der Waals surface area (Å²) < 4.78 is 40.0. The van der Waals surface area contributed by atoms with Gasteiger partial charge in [0.1, 0.15) is 17.8 Å². The Kier molecular flexibility index (Phi) is 5.85. The van der Waals surface area contributed by atoms with Crippen LogP contribution in [-0.2, 0) is 6.18 Å². The minimum Gasteiger partial charge on any atom is -0.388 e. The fourth-order valence-electron chi connectivity index (χ4n) is 2.16. The summed E-state index contributed by atoms with van der Waals surface area (Å²) in [6.45, 7) is 1.72. The highest BCUT2D eigenvalue weighted by Gasteiger charge is 2.32. The number of nitrogens with two attached hydrogens (primary N) is 1. The largest absolute Gasteiger partial charge is 0.416 e. The Bertz CT molecular complexity index is 1010. The van der Waals surface area contributed by atoms with E-state index < -0.39 is 11.7 Å². The molecular formula is C17H10Cl2F3N5. The van der Waals surface area contributed by atoms with Gasteiger partial charge >= 0.3 is 6.18 Å². The number of benzene rings is 1. The molecule has 1 heterocycles. The van der Waals surface area contributed by atoms with Crippen LogP contribution in [-0.4, -0.2) is 10.8 Å². The van der Waals surface area contributed by atoms with E-state index in [2.05, 4.69) is 4.99 Å². The van der Waals surface area contributed by atoms with Crippen LogP contribution < -0.4 is 5.73 Å². The number of nitrogens with zero attached hydrogens (tertiary/aromatic N) is 4. The molecule has 5 nitrogen and oxygen atoms in total. The van der Waals surface area contributed by atoms with Crippen molar-refractivity contribution < 1.29 is 13.2 Å². The SMILES string of the molecule is Cc1cn(-c2c(Cl)cc(C(F)(F)F)cc2Cl)cc1/C=N/C(C#N)=C(\N)C#N. The average molecular weight is 412 g/mol. The van der Waals surface area contributed by atoms with Crippen molar-refractivity contribution in [3.8, 4) is 17.8 Å². The zero-order chi connectivity index (χ0) is 20.4. The van der Waals surface area contributed by atoms with Gasteiger partial charge in [-0.25, -0.2) is 4.99 Å². The highest BCUT2D eigenvalue weighted by molar-refractivity contribution is 6.37. The monoisotopic (exact) mass is 411 g/mol. The molecule has 0 unspecified atom stereocenters. The summed E-state index contributed by atoms with van der Waals surface area (Å²) in [4.78, 5) is 3.86. The maximum atomic E-state index is 12.8. The van der Waals surface area contributed by atoms with Gasteiger partial charge in [-0.1, -0.05) is 23.2 Å². The highest BCUT2D eigenvalue weighted by Crippen LogP contribution is 2.37. The van der Waals surface area contributed by atoms with Gasteiger partial charge in [0.15, 0.2) is 5.70 Å². The van der Waals surface area contributed by atoms with Crippen LogP contribution in [0.1, 0.15) is 16.7 Å². The number of aliphatic imine (C=N–C) groups is 1. The topological polar surface area (TPSA) is 90.9 Å². The molecule has 0 saturated heterocycles. The summed E-state index contributed by atoms with van der Waals surface area (Å²) in [6.07, 6.45) is -0.153. The van der Waals surface area contributed by atoms with Crippen LogP contribution in [0.15, 0.2) is 40.9 Å². The molecule has 0 aliphatic carbocycles. The van der Waals surface area contributed by atoms with E-state index in [0.29, 0.717) is 11.1 Å². The number of hydrogen-bond donors (Lipinski definition) is 1. The predicted molar refractivity (Wildman–Crippen MR) is 95.6 cm³/mol. The molecule has 0 saturated carbocycles. The fourth-order valence-corrected chi connectivity index (χ4v) is 2.84. The van der Waals surface area contributed by atoms with Gasteiger partial charge in [-0.2, -0.15) is 23.7 Å². The van der Waals surface area contributed by atoms with E-state index in [1.807, 2.05) is 0 Å². The first-order valence-corrected chi connectivity index (χ1v) is 7.93. The van der Waals surface area contributed by atoms with Gasteiger partial charge in [-0.15, -0.1) is 0 Å². The molecule has 0 aliphatic rings. The van der Waals surface area contributed by atoms with E-state index in [0.717, 1.165) is 12.1 Å². The molecule has 0 radical (unpaired) electrons. The number of halogens is 5. The lowest BCUT2D eigenvalue weighted by molar-refractivity contribution is -0.137. The van der Waals surface area contributed by atoms with E-state index in [1.54, 1.807) is 25.3 Å². The average Bonchev–Trinajstić information content (AvgIpc) is 2.94. The van der Waals surface area contributed by atoms with Crippen molar-refractivity contribution in [3.63, 3.8) is 0 Å². The molecule has 0 aliphatic heterocycles. The summed E-state index contributed by atoms with van der Waals surface area (Å²) in [5.41, 5.74) is 5.20. The molecule has 0 bridgehead atoms. The van der Waals surface area contributed by atoms with Gasteiger partial charge in [-0.3, -0.25) is 0 Å². The second kappa shape index (κ2) is 7.75. The van der Waals surface area contributed by atoms with E-state index in [1.165, 1.54) is 17.0 Å². The third kappa shape index (κ3) is 4.43. The minimum absolute atomic E-state index is 0.168. The summed E-state index contributed by atoms with van der Waals surface area (Å²) in [5, 5.41) is 17.3. The van der Waals surface area contributed by atoms with E-state index in [9.17, 15) is 13.2 Å². The molecule has 1 aromatic carbocycles.